The van der Waals surface area contributed by atoms with Crippen molar-refractivity contribution in [2.45, 2.75) is 12.1 Å². The molecule has 0 bridgehead atoms. The van der Waals surface area contributed by atoms with Crippen LogP contribution in [0.25, 0.3) is 17.1 Å². The van der Waals surface area contributed by atoms with Crippen LogP contribution in [0.15, 0.2) is 78.2 Å². The van der Waals surface area contributed by atoms with Gasteiger partial charge in [0.2, 0.25) is 0 Å². The summed E-state index contributed by atoms with van der Waals surface area (Å²) in [6, 6.07) is 17.1. The molecule has 0 fully saturated rings. The molecule has 0 aliphatic carbocycles. The van der Waals surface area contributed by atoms with Crippen molar-refractivity contribution in [3.8, 4) is 22.8 Å². The first kappa shape index (κ1) is 22.5. The molecule has 0 spiro atoms. The van der Waals surface area contributed by atoms with Crippen molar-refractivity contribution in [1.29, 1.82) is 0 Å². The summed E-state index contributed by atoms with van der Waals surface area (Å²) in [7, 11) is 0. The van der Waals surface area contributed by atoms with E-state index in [1.54, 1.807) is 18.5 Å². The number of carbonyl (C=O) groups excluding carboxylic acids is 1. The van der Waals surface area contributed by atoms with Gasteiger partial charge in [0.05, 0.1) is 23.7 Å². The summed E-state index contributed by atoms with van der Waals surface area (Å²) in [6.45, 7) is 2.39. The lowest BCUT2D eigenvalue weighted by atomic mass is 10.1. The van der Waals surface area contributed by atoms with Crippen LogP contribution in [0.5, 0.6) is 5.75 Å². The minimum Gasteiger partial charge on any atom is -0.733 e. The van der Waals surface area contributed by atoms with Crippen LogP contribution >= 0.6 is 11.8 Å². The first-order valence-corrected chi connectivity index (χ1v) is 11.1. The van der Waals surface area contributed by atoms with Gasteiger partial charge in [0.25, 0.3) is 0 Å². The van der Waals surface area contributed by atoms with Gasteiger partial charge in [0, 0.05) is 23.5 Å². The van der Waals surface area contributed by atoms with E-state index in [0.29, 0.717) is 28.9 Å². The molecule has 0 aliphatic rings. The molecular weight excluding hydrogens is 442 g/mol. The second-order valence-electron chi connectivity index (χ2n) is 6.82. The zero-order chi connectivity index (χ0) is 23.2. The summed E-state index contributed by atoms with van der Waals surface area (Å²) in [5, 5.41) is 29.2. The molecule has 168 valence electrons. The Kier molecular flexibility index (Phi) is 6.98. The van der Waals surface area contributed by atoms with Gasteiger partial charge in [-0.2, -0.15) is 0 Å². The second kappa shape index (κ2) is 10.3. The molecule has 33 heavy (non-hydrogen) atoms. The highest BCUT2D eigenvalue weighted by Gasteiger charge is 2.20. The van der Waals surface area contributed by atoms with Gasteiger partial charge < -0.3 is 15.2 Å². The van der Waals surface area contributed by atoms with Crippen LogP contribution in [-0.4, -0.2) is 43.1 Å². The lowest BCUT2D eigenvalue weighted by Crippen LogP contribution is -2.10. The Labute approximate surface area is 194 Å². The van der Waals surface area contributed by atoms with E-state index < -0.39 is 0 Å². The van der Waals surface area contributed by atoms with E-state index in [4.69, 9.17) is 9.94 Å². The molecule has 0 amide bonds. The van der Waals surface area contributed by atoms with Crippen molar-refractivity contribution in [2.24, 2.45) is 0 Å². The van der Waals surface area contributed by atoms with Crippen LogP contribution in [0.4, 0.5) is 5.69 Å². The second-order valence-corrected chi connectivity index (χ2v) is 7.76. The minimum atomic E-state index is -0.272. The van der Waals surface area contributed by atoms with Crippen LogP contribution in [0.3, 0.4) is 0 Å². The summed E-state index contributed by atoms with van der Waals surface area (Å²) in [5.41, 5.74) is 1.80. The molecule has 2 aromatic carbocycles. The molecule has 0 unspecified atom stereocenters. The molecule has 1 N–H and O–H groups in total. The fraction of sp³-hybridized carbons (Fsp3) is 0.130. The quantitative estimate of drug-likeness (QED) is 0.219. The number of rotatable bonds is 9. The van der Waals surface area contributed by atoms with E-state index in [2.05, 4.69) is 15.2 Å². The molecule has 0 aliphatic heterocycles. The number of hydrogen-bond acceptors (Lipinski definition) is 9. The molecule has 2 aromatic heterocycles. The van der Waals surface area contributed by atoms with Gasteiger partial charge in [0.1, 0.15) is 5.75 Å². The molecule has 0 saturated carbocycles. The van der Waals surface area contributed by atoms with Gasteiger partial charge in [-0.05, 0) is 43.3 Å². The SMILES string of the molecule is CCOc1ccccc1-n1c(SCC(=O)c2cccc(N([O-])O)c2)nnc1-c1cccnc1. The Hall–Kier alpha value is -3.73. The number of para-hydroxylation sites is 2. The number of Topliss-reactive ketones (excluding diaryl/α,β-unsaturated/α-hetero) is 1. The molecular formula is C23H20N5O4S-. The number of pyridine rings is 1. The third kappa shape index (κ3) is 5.03. The van der Waals surface area contributed by atoms with Gasteiger partial charge >= 0.3 is 0 Å². The van der Waals surface area contributed by atoms with Crippen molar-refractivity contribution in [2.75, 3.05) is 17.6 Å². The van der Waals surface area contributed by atoms with E-state index in [0.717, 1.165) is 11.3 Å². The predicted octanol–water partition coefficient (Wildman–Crippen LogP) is 4.40. The number of hydrogen-bond donors (Lipinski definition) is 1. The lowest BCUT2D eigenvalue weighted by molar-refractivity contribution is 0.102. The fourth-order valence-electron chi connectivity index (χ4n) is 3.19. The Morgan fingerprint density at radius 1 is 1.15 bits per heavy atom. The molecule has 9 nitrogen and oxygen atoms in total. The molecule has 10 heteroatoms. The Morgan fingerprint density at radius 3 is 2.76 bits per heavy atom. The number of aromatic nitrogens is 4. The molecule has 0 atom stereocenters. The van der Waals surface area contributed by atoms with Gasteiger partial charge in [-0.15, -0.1) is 10.2 Å². The molecule has 4 aromatic rings. The van der Waals surface area contributed by atoms with E-state index in [-0.39, 0.29) is 22.5 Å². The van der Waals surface area contributed by atoms with Crippen LogP contribution in [0.2, 0.25) is 0 Å². The normalized spacial score (nSPS) is 10.8. The van der Waals surface area contributed by atoms with Crippen molar-refractivity contribution in [3.63, 3.8) is 0 Å². The smallest absolute Gasteiger partial charge is 0.196 e. The standard InChI is InChI=1S/C23H20N5O4S/c1-2-32-21-11-4-3-10-19(21)27-22(17-8-6-12-24-14-17)25-26-23(27)33-15-20(29)16-7-5-9-18(13-16)28(30)31/h3-14,30H,2,15H2,1H3/q-1. The van der Waals surface area contributed by atoms with Gasteiger partial charge in [0.15, 0.2) is 16.8 Å². The van der Waals surface area contributed by atoms with Crippen LogP contribution in [-0.2, 0) is 0 Å². The zero-order valence-electron chi connectivity index (χ0n) is 17.7. The summed E-state index contributed by atoms with van der Waals surface area (Å²) in [5.74, 6) is 1.05. The predicted molar refractivity (Wildman–Crippen MR) is 125 cm³/mol. The number of nitrogens with zero attached hydrogens (tertiary/aromatic N) is 5. The highest BCUT2D eigenvalue weighted by atomic mass is 32.2. The van der Waals surface area contributed by atoms with E-state index in [9.17, 15) is 10.0 Å². The molecule has 0 radical (unpaired) electrons. The van der Waals surface area contributed by atoms with Crippen LogP contribution in [0.1, 0.15) is 17.3 Å². The number of ketones is 1. The largest absolute Gasteiger partial charge is 0.733 e. The zero-order valence-corrected chi connectivity index (χ0v) is 18.5. The minimum absolute atomic E-state index is 0.0153. The van der Waals surface area contributed by atoms with Crippen molar-refractivity contribution in [3.05, 3.63) is 83.8 Å². The number of carbonyl (C=O) groups is 1. The maximum atomic E-state index is 12.8. The third-order valence-corrected chi connectivity index (χ3v) is 5.61. The summed E-state index contributed by atoms with van der Waals surface area (Å²) in [4.78, 5) is 16.9. The Bertz CT molecular complexity index is 1250. The van der Waals surface area contributed by atoms with Crippen LogP contribution < -0.4 is 9.96 Å². The van der Waals surface area contributed by atoms with Gasteiger partial charge in [-0.1, -0.05) is 36.0 Å². The van der Waals surface area contributed by atoms with Gasteiger partial charge in [-0.3, -0.25) is 19.6 Å². The number of benzene rings is 2. The van der Waals surface area contributed by atoms with E-state index in [1.807, 2.05) is 47.9 Å². The maximum absolute atomic E-state index is 12.8. The highest BCUT2D eigenvalue weighted by Crippen LogP contribution is 2.32. The molecule has 4 rings (SSSR count). The number of anilines is 1. The Morgan fingerprint density at radius 2 is 2.00 bits per heavy atom. The number of ether oxygens (including phenoxy) is 1. The van der Waals surface area contributed by atoms with Gasteiger partial charge in [-0.25, -0.2) is 0 Å². The molecule has 2 heterocycles. The average molecular weight is 463 g/mol. The summed E-state index contributed by atoms with van der Waals surface area (Å²) >= 11 is 1.21. The lowest BCUT2D eigenvalue weighted by Gasteiger charge is -2.21. The maximum Gasteiger partial charge on any atom is 0.196 e. The highest BCUT2D eigenvalue weighted by molar-refractivity contribution is 7.99. The fourth-order valence-corrected chi connectivity index (χ4v) is 4.03. The van der Waals surface area contributed by atoms with Crippen molar-refractivity contribution >= 4 is 23.2 Å². The van der Waals surface area contributed by atoms with Crippen molar-refractivity contribution < 1.29 is 14.7 Å². The van der Waals surface area contributed by atoms with E-state index in [1.165, 1.54) is 30.0 Å². The third-order valence-electron chi connectivity index (χ3n) is 4.68. The topological polar surface area (TPSA) is 116 Å². The monoisotopic (exact) mass is 462 g/mol. The average Bonchev–Trinajstić information content (AvgIpc) is 3.27. The van der Waals surface area contributed by atoms with Crippen LogP contribution in [0, 0.1) is 5.21 Å². The van der Waals surface area contributed by atoms with E-state index >= 15 is 0 Å². The number of thioether (sulfide) groups is 1. The van der Waals surface area contributed by atoms with Crippen molar-refractivity contribution in [1.82, 2.24) is 19.7 Å². The Balaban J connectivity index is 1.69. The molecule has 0 saturated heterocycles. The first-order chi connectivity index (χ1) is 16.1. The first-order valence-electron chi connectivity index (χ1n) is 10.1. The summed E-state index contributed by atoms with van der Waals surface area (Å²) in [6.07, 6.45) is 3.37. The summed E-state index contributed by atoms with van der Waals surface area (Å²) < 4.78 is 7.65.